The van der Waals surface area contributed by atoms with Crippen molar-refractivity contribution >= 4 is 11.8 Å². The van der Waals surface area contributed by atoms with E-state index >= 15 is 0 Å². The van der Waals surface area contributed by atoms with Gasteiger partial charge in [0.25, 0.3) is 11.8 Å². The first-order valence-corrected chi connectivity index (χ1v) is 8.58. The van der Waals surface area contributed by atoms with Crippen molar-refractivity contribution in [2.75, 3.05) is 0 Å². The molecule has 6 heteroatoms. The molecule has 0 aromatic heterocycles. The normalized spacial score (nSPS) is 14.0. The van der Waals surface area contributed by atoms with Crippen LogP contribution < -0.4 is 10.8 Å². The average Bonchev–Trinajstić information content (AvgIpc) is 3.00. The van der Waals surface area contributed by atoms with Crippen LogP contribution in [0.2, 0.25) is 0 Å². The molecule has 0 bridgehead atoms. The highest BCUT2D eigenvalue weighted by Crippen LogP contribution is 2.08. The summed E-state index contributed by atoms with van der Waals surface area (Å²) < 4.78 is 0. The summed E-state index contributed by atoms with van der Waals surface area (Å²) in [7, 11) is 0. The van der Waals surface area contributed by atoms with Gasteiger partial charge in [-0.15, -0.1) is 13.2 Å². The lowest BCUT2D eigenvalue weighted by Gasteiger charge is -2.19. The van der Waals surface area contributed by atoms with Gasteiger partial charge in [0.15, 0.2) is 0 Å². The molecule has 2 atom stereocenters. The summed E-state index contributed by atoms with van der Waals surface area (Å²) in [6.07, 6.45) is 9.44. The summed E-state index contributed by atoms with van der Waals surface area (Å²) in [5.74, 6) is 4.70. The molecular weight excluding hydrogens is 356 g/mol. The first-order chi connectivity index (χ1) is 13.5. The maximum atomic E-state index is 12.2. The van der Waals surface area contributed by atoms with E-state index in [0.717, 1.165) is 17.6 Å². The zero-order valence-corrected chi connectivity index (χ0v) is 15.7. The number of amides is 2. The number of benzene rings is 1. The number of carbonyl (C=O) groups is 2. The fraction of sp³-hybridized carbons (Fsp3) is 0.182. The number of hydrogen-bond acceptors (Lipinski definition) is 4. The Bertz CT molecular complexity index is 824. The van der Waals surface area contributed by atoms with Gasteiger partial charge in [-0.25, -0.2) is 5.48 Å². The molecule has 0 spiro atoms. The topological polar surface area (TPSA) is 98.7 Å². The Morgan fingerprint density at radius 1 is 1.11 bits per heavy atom. The van der Waals surface area contributed by atoms with Gasteiger partial charge in [0, 0.05) is 16.7 Å². The predicted molar refractivity (Wildman–Crippen MR) is 108 cm³/mol. The number of carbonyl (C=O) groups excluding carboxylic acids is 2. The number of aliphatic hydroxyl groups excluding tert-OH is 1. The minimum Gasteiger partial charge on any atom is -0.391 e. The third-order valence-electron chi connectivity index (χ3n) is 3.67. The molecule has 2 rings (SSSR count). The van der Waals surface area contributed by atoms with Crippen LogP contribution in [0, 0.1) is 11.8 Å². The van der Waals surface area contributed by atoms with Crippen LogP contribution in [-0.4, -0.2) is 34.3 Å². The van der Waals surface area contributed by atoms with Gasteiger partial charge in [-0.2, -0.15) is 0 Å². The molecule has 0 heterocycles. The van der Waals surface area contributed by atoms with E-state index in [1.54, 1.807) is 24.3 Å². The summed E-state index contributed by atoms with van der Waals surface area (Å²) >= 11 is 0. The third kappa shape index (κ3) is 7.08. The molecule has 1 aromatic rings. The van der Waals surface area contributed by atoms with Gasteiger partial charge in [-0.1, -0.05) is 42.2 Å². The van der Waals surface area contributed by atoms with Crippen molar-refractivity contribution in [1.29, 1.82) is 0 Å². The number of rotatable bonds is 4. The van der Waals surface area contributed by atoms with E-state index in [0.29, 0.717) is 5.56 Å². The second kappa shape index (κ2) is 12.1. The quantitative estimate of drug-likeness (QED) is 0.279. The van der Waals surface area contributed by atoms with Crippen LogP contribution in [0.1, 0.15) is 29.3 Å². The van der Waals surface area contributed by atoms with E-state index in [-0.39, 0.29) is 0 Å². The first-order valence-electron chi connectivity index (χ1n) is 8.58. The Balaban J connectivity index is 0.00000190. The molecule has 0 aliphatic heterocycles. The molecule has 0 saturated carbocycles. The molecule has 28 heavy (non-hydrogen) atoms. The van der Waals surface area contributed by atoms with E-state index in [9.17, 15) is 14.7 Å². The van der Waals surface area contributed by atoms with Crippen LogP contribution >= 0.6 is 0 Å². The second-order valence-electron chi connectivity index (χ2n) is 5.70. The van der Waals surface area contributed by atoms with Crippen molar-refractivity contribution in [3.63, 3.8) is 0 Å². The third-order valence-corrected chi connectivity index (χ3v) is 3.67. The van der Waals surface area contributed by atoms with Crippen molar-refractivity contribution in [3.8, 4) is 11.8 Å². The second-order valence-corrected chi connectivity index (χ2v) is 5.70. The van der Waals surface area contributed by atoms with Gasteiger partial charge in [-0.3, -0.25) is 14.8 Å². The van der Waals surface area contributed by atoms with Gasteiger partial charge in [-0.05, 0) is 37.6 Å². The smallest absolute Gasteiger partial charge is 0.268 e. The Hall–Kier alpha value is -3.40. The van der Waals surface area contributed by atoms with Crippen molar-refractivity contribution in [1.82, 2.24) is 10.8 Å². The lowest BCUT2D eigenvalue weighted by atomic mass is 10.1. The highest BCUT2D eigenvalue weighted by molar-refractivity contribution is 5.97. The highest BCUT2D eigenvalue weighted by atomic mass is 16.5. The van der Waals surface area contributed by atoms with Crippen LogP contribution in [0.4, 0.5) is 0 Å². The van der Waals surface area contributed by atoms with E-state index in [2.05, 4.69) is 30.3 Å². The molecule has 1 aliphatic rings. The fourth-order valence-corrected chi connectivity index (χ4v) is 2.23. The van der Waals surface area contributed by atoms with Crippen LogP contribution in [0.15, 0.2) is 73.4 Å². The van der Waals surface area contributed by atoms with Crippen LogP contribution in [0.3, 0.4) is 0 Å². The molecule has 2 amide bonds. The van der Waals surface area contributed by atoms with Crippen molar-refractivity contribution < 1.29 is 19.9 Å². The van der Waals surface area contributed by atoms with Gasteiger partial charge < -0.3 is 10.4 Å². The molecule has 0 radical (unpaired) electrons. The Labute approximate surface area is 164 Å². The molecule has 146 valence electrons. The van der Waals surface area contributed by atoms with Gasteiger partial charge in [0.2, 0.25) is 0 Å². The van der Waals surface area contributed by atoms with E-state index in [1.807, 2.05) is 30.4 Å². The van der Waals surface area contributed by atoms with Crippen molar-refractivity contribution in [3.05, 3.63) is 84.5 Å². The van der Waals surface area contributed by atoms with E-state index in [4.69, 9.17) is 5.21 Å². The predicted octanol–water partition coefficient (Wildman–Crippen LogP) is 2.27. The molecular formula is C22H24N2O4. The summed E-state index contributed by atoms with van der Waals surface area (Å²) in [5, 5.41) is 20.6. The minimum absolute atomic E-state index is 0.312. The lowest BCUT2D eigenvalue weighted by Crippen LogP contribution is -2.51. The number of hydrogen-bond donors (Lipinski definition) is 4. The number of nitrogens with one attached hydrogen (secondary N) is 2. The molecule has 0 fully saturated rings. The fourth-order valence-electron chi connectivity index (χ4n) is 2.23. The van der Waals surface area contributed by atoms with Crippen LogP contribution in [0.25, 0.3) is 0 Å². The SMILES string of the molecule is C=C.CC(O)C(NC(=O)c1ccc(C#CC2=CC=CC=CC2)cc1)C(=O)NO. The van der Waals surface area contributed by atoms with Gasteiger partial charge in [0.05, 0.1) is 6.10 Å². The Morgan fingerprint density at radius 3 is 2.39 bits per heavy atom. The molecule has 1 aromatic carbocycles. The first kappa shape index (κ1) is 22.6. The number of hydroxylamine groups is 1. The molecule has 4 N–H and O–H groups in total. The summed E-state index contributed by atoms with van der Waals surface area (Å²) in [5.41, 5.74) is 3.47. The maximum Gasteiger partial charge on any atom is 0.268 e. The monoisotopic (exact) mass is 380 g/mol. The van der Waals surface area contributed by atoms with Crippen molar-refractivity contribution in [2.45, 2.75) is 25.5 Å². The van der Waals surface area contributed by atoms with E-state index in [1.165, 1.54) is 12.4 Å². The minimum atomic E-state index is -1.25. The van der Waals surface area contributed by atoms with Crippen molar-refractivity contribution in [2.24, 2.45) is 0 Å². The average molecular weight is 380 g/mol. The zero-order valence-electron chi connectivity index (χ0n) is 15.7. The molecule has 2 unspecified atom stereocenters. The largest absolute Gasteiger partial charge is 0.391 e. The lowest BCUT2D eigenvalue weighted by molar-refractivity contribution is -0.133. The standard InChI is InChI=1S/C20H20N2O4.C2H4/c1-14(23)18(20(25)22-26)21-19(24)17-12-10-16(11-13-17)9-8-15-6-4-2-3-5-7-15;1-2/h2-6,10-14,18,23,26H,7H2,1H3,(H,21,24)(H,22,25);1-2H2. The van der Waals surface area contributed by atoms with E-state index < -0.39 is 24.0 Å². The summed E-state index contributed by atoms with van der Waals surface area (Å²) in [6.45, 7) is 7.34. The number of allylic oxidation sites excluding steroid dienone is 6. The highest BCUT2D eigenvalue weighted by Gasteiger charge is 2.25. The van der Waals surface area contributed by atoms with Gasteiger partial charge in [0.1, 0.15) is 6.04 Å². The molecule has 1 aliphatic carbocycles. The zero-order chi connectivity index (χ0) is 20.9. The van der Waals surface area contributed by atoms with Crippen LogP contribution in [0.5, 0.6) is 0 Å². The summed E-state index contributed by atoms with van der Waals surface area (Å²) in [4.78, 5) is 23.7. The molecule has 0 saturated heterocycles. The summed E-state index contributed by atoms with van der Waals surface area (Å²) in [6, 6.07) is 5.31. The molecule has 6 nitrogen and oxygen atoms in total. The Morgan fingerprint density at radius 2 is 1.79 bits per heavy atom. The maximum absolute atomic E-state index is 12.2. The number of aliphatic hydroxyl groups is 1. The van der Waals surface area contributed by atoms with Gasteiger partial charge >= 0.3 is 0 Å². The Kier molecular flexibility index (Phi) is 9.76. The van der Waals surface area contributed by atoms with Crippen LogP contribution in [-0.2, 0) is 4.79 Å².